The summed E-state index contributed by atoms with van der Waals surface area (Å²) < 4.78 is 2.10. The van der Waals surface area contributed by atoms with E-state index in [9.17, 15) is 0 Å². The van der Waals surface area contributed by atoms with E-state index < -0.39 is 0 Å². The molecule has 2 heterocycles. The Bertz CT molecular complexity index is 667. The van der Waals surface area contributed by atoms with Crippen LogP contribution in [0.3, 0.4) is 0 Å². The van der Waals surface area contributed by atoms with Gasteiger partial charge in [0.05, 0.1) is 18.9 Å². The van der Waals surface area contributed by atoms with Gasteiger partial charge in [-0.15, -0.1) is 24.0 Å². The SMILES string of the molecule is CCNC(=NCC(c1ccccc1)N1CCCC1)NCCCn1ccnc1.I. The van der Waals surface area contributed by atoms with Crippen LogP contribution in [0.2, 0.25) is 0 Å². The van der Waals surface area contributed by atoms with E-state index >= 15 is 0 Å². The van der Waals surface area contributed by atoms with Gasteiger partial charge in [0.1, 0.15) is 0 Å². The van der Waals surface area contributed by atoms with Crippen LogP contribution in [0.4, 0.5) is 0 Å². The monoisotopic (exact) mass is 496 g/mol. The summed E-state index contributed by atoms with van der Waals surface area (Å²) in [5.74, 6) is 0.906. The first-order chi connectivity index (χ1) is 13.4. The molecule has 0 amide bonds. The molecule has 1 fully saturated rings. The van der Waals surface area contributed by atoms with E-state index in [1.165, 1.54) is 31.5 Å². The van der Waals surface area contributed by atoms with Crippen LogP contribution in [0.5, 0.6) is 0 Å². The second-order valence-corrected chi connectivity index (χ2v) is 6.97. The molecule has 6 nitrogen and oxygen atoms in total. The number of nitrogens with zero attached hydrogens (tertiary/aromatic N) is 4. The summed E-state index contributed by atoms with van der Waals surface area (Å²) in [7, 11) is 0. The zero-order valence-corrected chi connectivity index (χ0v) is 19.1. The van der Waals surface area contributed by atoms with Crippen LogP contribution in [-0.2, 0) is 6.54 Å². The van der Waals surface area contributed by atoms with Crippen LogP contribution in [-0.4, -0.2) is 53.1 Å². The second kappa shape index (κ2) is 12.8. The molecule has 0 saturated carbocycles. The maximum Gasteiger partial charge on any atom is 0.191 e. The quantitative estimate of drug-likeness (QED) is 0.242. The predicted molar refractivity (Wildman–Crippen MR) is 126 cm³/mol. The first-order valence-corrected chi connectivity index (χ1v) is 10.1. The standard InChI is InChI=1S/C21H32N6.HI/c1-2-23-21(24-11-8-13-26-16-12-22-18-26)25-17-20(27-14-6-7-15-27)19-9-4-3-5-10-19;/h3-5,9-10,12,16,18,20H,2,6-8,11,13-15,17H2,1H3,(H2,23,24,25);1H. The lowest BCUT2D eigenvalue weighted by molar-refractivity contribution is 0.251. The Hall–Kier alpha value is -1.61. The van der Waals surface area contributed by atoms with Gasteiger partial charge in [-0.1, -0.05) is 30.3 Å². The normalized spacial score (nSPS) is 15.8. The second-order valence-electron chi connectivity index (χ2n) is 6.97. The molecule has 1 unspecified atom stereocenters. The van der Waals surface area contributed by atoms with E-state index in [0.29, 0.717) is 6.04 Å². The highest BCUT2D eigenvalue weighted by Crippen LogP contribution is 2.25. The number of hydrogen-bond acceptors (Lipinski definition) is 3. The van der Waals surface area contributed by atoms with Crippen LogP contribution in [0, 0.1) is 0 Å². The summed E-state index contributed by atoms with van der Waals surface area (Å²) in [4.78, 5) is 11.6. The maximum atomic E-state index is 4.90. The van der Waals surface area contributed by atoms with Crippen molar-refractivity contribution in [1.29, 1.82) is 0 Å². The number of hydrogen-bond donors (Lipinski definition) is 2. The maximum absolute atomic E-state index is 4.90. The lowest BCUT2D eigenvalue weighted by Gasteiger charge is -2.27. The van der Waals surface area contributed by atoms with E-state index in [1.54, 1.807) is 0 Å². The molecule has 28 heavy (non-hydrogen) atoms. The Morgan fingerprint density at radius 2 is 1.96 bits per heavy atom. The van der Waals surface area contributed by atoms with Crippen molar-refractivity contribution >= 4 is 29.9 Å². The van der Waals surface area contributed by atoms with Gasteiger partial charge in [-0.05, 0) is 44.8 Å². The molecule has 1 aliphatic heterocycles. The minimum Gasteiger partial charge on any atom is -0.357 e. The van der Waals surface area contributed by atoms with Crippen molar-refractivity contribution in [3.8, 4) is 0 Å². The third-order valence-electron chi connectivity index (χ3n) is 4.98. The van der Waals surface area contributed by atoms with Crippen molar-refractivity contribution in [1.82, 2.24) is 25.1 Å². The Balaban J connectivity index is 0.00000280. The van der Waals surface area contributed by atoms with E-state index in [0.717, 1.165) is 38.6 Å². The molecule has 1 atom stereocenters. The molecule has 7 heteroatoms. The lowest BCUT2D eigenvalue weighted by Crippen LogP contribution is -2.39. The number of aromatic nitrogens is 2. The van der Waals surface area contributed by atoms with Gasteiger partial charge in [-0.2, -0.15) is 0 Å². The number of aryl methyl sites for hydroxylation is 1. The molecule has 2 N–H and O–H groups in total. The highest BCUT2D eigenvalue weighted by molar-refractivity contribution is 14.0. The molecule has 1 saturated heterocycles. The summed E-state index contributed by atoms with van der Waals surface area (Å²) in [5, 5.41) is 6.84. The lowest BCUT2D eigenvalue weighted by atomic mass is 10.1. The zero-order valence-electron chi connectivity index (χ0n) is 16.8. The Labute approximate surface area is 185 Å². The van der Waals surface area contributed by atoms with Gasteiger partial charge in [0.15, 0.2) is 5.96 Å². The number of nitrogens with one attached hydrogen (secondary N) is 2. The molecule has 0 aliphatic carbocycles. The highest BCUT2D eigenvalue weighted by atomic mass is 127. The molecule has 0 radical (unpaired) electrons. The van der Waals surface area contributed by atoms with Crippen molar-refractivity contribution in [2.45, 2.75) is 38.8 Å². The Morgan fingerprint density at radius 1 is 1.18 bits per heavy atom. The molecule has 0 bridgehead atoms. The largest absolute Gasteiger partial charge is 0.357 e. The van der Waals surface area contributed by atoms with Crippen molar-refractivity contribution in [2.75, 3.05) is 32.7 Å². The molecular formula is C21H33IN6. The van der Waals surface area contributed by atoms with Gasteiger partial charge in [0.25, 0.3) is 0 Å². The smallest absolute Gasteiger partial charge is 0.191 e. The minimum atomic E-state index is 0. The molecule has 0 spiro atoms. The zero-order chi connectivity index (χ0) is 18.7. The van der Waals surface area contributed by atoms with Crippen LogP contribution in [0.1, 0.15) is 37.8 Å². The molecular weight excluding hydrogens is 463 g/mol. The first-order valence-electron chi connectivity index (χ1n) is 10.1. The Morgan fingerprint density at radius 3 is 2.64 bits per heavy atom. The van der Waals surface area contributed by atoms with Gasteiger partial charge in [-0.3, -0.25) is 9.89 Å². The van der Waals surface area contributed by atoms with E-state index in [1.807, 2.05) is 18.7 Å². The van der Waals surface area contributed by atoms with Gasteiger partial charge in [0, 0.05) is 32.0 Å². The van der Waals surface area contributed by atoms with Crippen molar-refractivity contribution in [3.63, 3.8) is 0 Å². The molecule has 3 rings (SSSR count). The number of imidazole rings is 1. The van der Waals surface area contributed by atoms with Crippen molar-refractivity contribution < 1.29 is 0 Å². The number of benzene rings is 1. The number of halogens is 1. The van der Waals surface area contributed by atoms with Crippen LogP contribution in [0.25, 0.3) is 0 Å². The fourth-order valence-corrected chi connectivity index (χ4v) is 3.57. The van der Waals surface area contributed by atoms with Crippen LogP contribution >= 0.6 is 24.0 Å². The highest BCUT2D eigenvalue weighted by Gasteiger charge is 2.23. The van der Waals surface area contributed by atoms with Crippen LogP contribution in [0.15, 0.2) is 54.0 Å². The minimum absolute atomic E-state index is 0. The van der Waals surface area contributed by atoms with E-state index in [-0.39, 0.29) is 24.0 Å². The number of guanidine groups is 1. The first kappa shape index (κ1) is 22.7. The Kier molecular flexibility index (Phi) is 10.3. The summed E-state index contributed by atoms with van der Waals surface area (Å²) >= 11 is 0. The molecule has 1 aromatic carbocycles. The van der Waals surface area contributed by atoms with E-state index in [4.69, 9.17) is 4.99 Å². The fourth-order valence-electron chi connectivity index (χ4n) is 3.57. The molecule has 1 aliphatic rings. The topological polar surface area (TPSA) is 57.5 Å². The summed E-state index contributed by atoms with van der Waals surface area (Å²) in [6.07, 6.45) is 9.30. The van der Waals surface area contributed by atoms with Gasteiger partial charge in [-0.25, -0.2) is 4.98 Å². The average Bonchev–Trinajstić information content (AvgIpc) is 3.40. The van der Waals surface area contributed by atoms with Gasteiger partial charge >= 0.3 is 0 Å². The van der Waals surface area contributed by atoms with Gasteiger partial charge < -0.3 is 15.2 Å². The summed E-state index contributed by atoms with van der Waals surface area (Å²) in [6, 6.07) is 11.1. The van der Waals surface area contributed by atoms with Crippen molar-refractivity contribution in [2.24, 2.45) is 4.99 Å². The average molecular weight is 496 g/mol. The van der Waals surface area contributed by atoms with Crippen molar-refractivity contribution in [3.05, 3.63) is 54.6 Å². The molecule has 1 aromatic heterocycles. The predicted octanol–water partition coefficient (Wildman–Crippen LogP) is 3.28. The van der Waals surface area contributed by atoms with Crippen LogP contribution < -0.4 is 10.6 Å². The fraction of sp³-hybridized carbons (Fsp3) is 0.524. The third-order valence-corrected chi connectivity index (χ3v) is 4.98. The third kappa shape index (κ3) is 7.09. The van der Waals surface area contributed by atoms with Gasteiger partial charge in [0.2, 0.25) is 0 Å². The number of aliphatic imine (C=N–C) groups is 1. The number of rotatable bonds is 9. The summed E-state index contributed by atoms with van der Waals surface area (Å²) in [6.45, 7) is 7.95. The van der Waals surface area contributed by atoms with E-state index in [2.05, 4.69) is 62.3 Å². The molecule has 2 aromatic rings. The summed E-state index contributed by atoms with van der Waals surface area (Å²) in [5.41, 5.74) is 1.36. The molecule has 154 valence electrons. The number of likely N-dealkylation sites (tertiary alicyclic amines) is 1.